The Hall–Kier alpha value is -2.83. The zero-order valence-corrected chi connectivity index (χ0v) is 16.8. The van der Waals surface area contributed by atoms with Gasteiger partial charge in [-0.1, -0.05) is 25.2 Å². The largest absolute Gasteiger partial charge is 0.367 e. The Kier molecular flexibility index (Phi) is 4.73. The molecule has 2 aromatic rings. The minimum Gasteiger partial charge on any atom is -0.367 e. The van der Waals surface area contributed by atoms with Crippen molar-refractivity contribution in [3.63, 3.8) is 0 Å². The molecule has 2 aromatic heterocycles. The lowest BCUT2D eigenvalue weighted by Crippen LogP contribution is -2.33. The fourth-order valence-corrected chi connectivity index (χ4v) is 4.26. The molecule has 3 heterocycles. The molecule has 29 heavy (non-hydrogen) atoms. The van der Waals surface area contributed by atoms with Gasteiger partial charge in [-0.15, -0.1) is 0 Å². The van der Waals surface area contributed by atoms with Crippen molar-refractivity contribution in [2.45, 2.75) is 51.1 Å². The number of carbonyl (C=O) groups excluding carboxylic acids is 1. The van der Waals surface area contributed by atoms with Gasteiger partial charge in [-0.05, 0) is 44.1 Å². The van der Waals surface area contributed by atoms with Crippen LogP contribution >= 0.6 is 0 Å². The van der Waals surface area contributed by atoms with Crippen LogP contribution in [0.5, 0.6) is 0 Å². The molecule has 0 aromatic carbocycles. The van der Waals surface area contributed by atoms with Crippen molar-refractivity contribution in [2.24, 2.45) is 5.92 Å². The third kappa shape index (κ3) is 3.61. The number of hydrogen-bond donors (Lipinski definition) is 3. The number of fused-ring (bicyclic) bond motifs is 1. The van der Waals surface area contributed by atoms with Gasteiger partial charge in [0.05, 0.1) is 11.4 Å². The third-order valence-corrected chi connectivity index (χ3v) is 6.29. The van der Waals surface area contributed by atoms with Crippen LogP contribution < -0.4 is 10.6 Å². The van der Waals surface area contributed by atoms with Crippen molar-refractivity contribution >= 4 is 28.7 Å². The van der Waals surface area contributed by atoms with Crippen molar-refractivity contribution < 1.29 is 4.79 Å². The molecule has 0 radical (unpaired) electrons. The third-order valence-electron chi connectivity index (χ3n) is 6.29. The number of aromatic amines is 1. The SMILES string of the molecule is CC1C=C(C(=O)N2CCCC2)C=CC1Nc1nc(NC2CCC2)c2cc[nH]c2n1. The smallest absolute Gasteiger partial charge is 0.253 e. The van der Waals surface area contributed by atoms with E-state index >= 15 is 0 Å². The maximum atomic E-state index is 12.7. The van der Waals surface area contributed by atoms with E-state index in [1.165, 1.54) is 19.3 Å². The van der Waals surface area contributed by atoms with Gasteiger partial charge >= 0.3 is 0 Å². The molecule has 152 valence electrons. The molecule has 5 rings (SSSR count). The van der Waals surface area contributed by atoms with Crippen LogP contribution in [-0.4, -0.2) is 50.9 Å². The molecule has 3 aliphatic rings. The molecule has 2 aliphatic carbocycles. The van der Waals surface area contributed by atoms with E-state index < -0.39 is 0 Å². The molecule has 0 spiro atoms. The van der Waals surface area contributed by atoms with Crippen LogP contribution in [0, 0.1) is 5.92 Å². The molecule has 0 bridgehead atoms. The Balaban J connectivity index is 1.32. The summed E-state index contributed by atoms with van der Waals surface area (Å²) in [4.78, 5) is 27.2. The molecule has 1 aliphatic heterocycles. The lowest BCUT2D eigenvalue weighted by atomic mass is 9.92. The molecule has 1 saturated heterocycles. The second-order valence-electron chi connectivity index (χ2n) is 8.42. The van der Waals surface area contributed by atoms with Gasteiger partial charge in [-0.3, -0.25) is 4.79 Å². The monoisotopic (exact) mass is 392 g/mol. The zero-order valence-electron chi connectivity index (χ0n) is 16.8. The summed E-state index contributed by atoms with van der Waals surface area (Å²) in [7, 11) is 0. The Morgan fingerprint density at radius 3 is 2.72 bits per heavy atom. The normalized spacial score (nSPS) is 24.4. The van der Waals surface area contributed by atoms with Crippen LogP contribution in [0.15, 0.2) is 36.1 Å². The first-order valence-corrected chi connectivity index (χ1v) is 10.7. The van der Waals surface area contributed by atoms with Crippen LogP contribution in [0.1, 0.15) is 39.0 Å². The van der Waals surface area contributed by atoms with E-state index in [1.54, 1.807) is 0 Å². The highest BCUT2D eigenvalue weighted by molar-refractivity contribution is 5.96. The predicted molar refractivity (Wildman–Crippen MR) is 115 cm³/mol. The van der Waals surface area contributed by atoms with Gasteiger partial charge < -0.3 is 20.5 Å². The van der Waals surface area contributed by atoms with Crippen molar-refractivity contribution in [1.29, 1.82) is 0 Å². The Bertz CT molecular complexity index is 967. The fourth-order valence-electron chi connectivity index (χ4n) is 4.26. The predicted octanol–water partition coefficient (Wildman–Crippen LogP) is 3.46. The van der Waals surface area contributed by atoms with Crippen LogP contribution in [0.3, 0.4) is 0 Å². The van der Waals surface area contributed by atoms with E-state index in [0.717, 1.165) is 48.4 Å². The van der Waals surface area contributed by atoms with Crippen molar-refractivity contribution in [3.8, 4) is 0 Å². The Morgan fingerprint density at radius 1 is 1.17 bits per heavy atom. The summed E-state index contributed by atoms with van der Waals surface area (Å²) in [5, 5.41) is 8.03. The number of H-pyrrole nitrogens is 1. The van der Waals surface area contributed by atoms with E-state index in [1.807, 2.05) is 23.2 Å². The highest BCUT2D eigenvalue weighted by atomic mass is 16.2. The summed E-state index contributed by atoms with van der Waals surface area (Å²) in [6.07, 6.45) is 13.9. The van der Waals surface area contributed by atoms with Crippen LogP contribution in [-0.2, 0) is 4.79 Å². The van der Waals surface area contributed by atoms with Gasteiger partial charge in [0.15, 0.2) is 0 Å². The van der Waals surface area contributed by atoms with Gasteiger partial charge in [-0.25, -0.2) is 0 Å². The molecule has 7 heteroatoms. The standard InChI is InChI=1S/C22H28N6O/c1-14-13-15(21(29)28-11-2-3-12-28)7-8-18(14)25-22-26-19-17(9-10-23-19)20(27-22)24-16-5-4-6-16/h7-10,13-14,16,18H,2-6,11-12H2,1H3,(H3,23,24,25,26,27). The molecular formula is C22H28N6O. The number of hydrogen-bond acceptors (Lipinski definition) is 5. The molecule has 1 amide bonds. The van der Waals surface area contributed by atoms with Crippen LogP contribution in [0.2, 0.25) is 0 Å². The zero-order chi connectivity index (χ0) is 19.8. The first-order valence-electron chi connectivity index (χ1n) is 10.7. The Labute approximate surface area is 170 Å². The average molecular weight is 393 g/mol. The number of carbonyl (C=O) groups is 1. The molecule has 3 N–H and O–H groups in total. The molecule has 2 unspecified atom stereocenters. The number of nitrogens with one attached hydrogen (secondary N) is 3. The molecular weight excluding hydrogens is 364 g/mol. The minimum atomic E-state index is 0.0501. The van der Waals surface area contributed by atoms with Gasteiger partial charge in [0, 0.05) is 30.9 Å². The van der Waals surface area contributed by atoms with Gasteiger partial charge in [0.25, 0.3) is 5.91 Å². The molecule has 2 atom stereocenters. The summed E-state index contributed by atoms with van der Waals surface area (Å²) < 4.78 is 0. The van der Waals surface area contributed by atoms with Crippen LogP contribution in [0.4, 0.5) is 11.8 Å². The number of anilines is 2. The lowest BCUT2D eigenvalue weighted by molar-refractivity contribution is -0.125. The van der Waals surface area contributed by atoms with Gasteiger partial charge in [0.1, 0.15) is 11.5 Å². The number of nitrogens with zero attached hydrogens (tertiary/aromatic N) is 3. The van der Waals surface area contributed by atoms with Gasteiger partial charge in [-0.2, -0.15) is 9.97 Å². The van der Waals surface area contributed by atoms with E-state index in [9.17, 15) is 4.79 Å². The van der Waals surface area contributed by atoms with Crippen molar-refractivity contribution in [2.75, 3.05) is 23.7 Å². The van der Waals surface area contributed by atoms with E-state index in [2.05, 4.69) is 39.7 Å². The van der Waals surface area contributed by atoms with E-state index in [-0.39, 0.29) is 17.9 Å². The topological polar surface area (TPSA) is 85.9 Å². The van der Waals surface area contributed by atoms with E-state index in [4.69, 9.17) is 4.98 Å². The summed E-state index contributed by atoms with van der Waals surface area (Å²) in [6, 6.07) is 2.57. The average Bonchev–Trinajstić information content (AvgIpc) is 3.37. The molecule has 1 saturated carbocycles. The fraction of sp³-hybridized carbons (Fsp3) is 0.500. The maximum Gasteiger partial charge on any atom is 0.253 e. The molecule has 2 fully saturated rings. The van der Waals surface area contributed by atoms with E-state index in [0.29, 0.717) is 12.0 Å². The van der Waals surface area contributed by atoms with Crippen molar-refractivity contribution in [3.05, 3.63) is 36.1 Å². The first kappa shape index (κ1) is 18.2. The molecule has 7 nitrogen and oxygen atoms in total. The second-order valence-corrected chi connectivity index (χ2v) is 8.42. The second kappa shape index (κ2) is 7.54. The number of rotatable bonds is 5. The lowest BCUT2D eigenvalue weighted by Gasteiger charge is -2.28. The number of aromatic nitrogens is 3. The van der Waals surface area contributed by atoms with Crippen LogP contribution in [0.25, 0.3) is 11.0 Å². The summed E-state index contributed by atoms with van der Waals surface area (Å²) in [5.74, 6) is 1.81. The first-order chi connectivity index (χ1) is 14.2. The maximum absolute atomic E-state index is 12.7. The highest BCUT2D eigenvalue weighted by Crippen LogP contribution is 2.28. The number of likely N-dealkylation sites (tertiary alicyclic amines) is 1. The number of amides is 1. The Morgan fingerprint density at radius 2 is 2.00 bits per heavy atom. The summed E-state index contributed by atoms with van der Waals surface area (Å²) in [5.41, 5.74) is 1.63. The quantitative estimate of drug-likeness (QED) is 0.726. The highest BCUT2D eigenvalue weighted by Gasteiger charge is 2.26. The van der Waals surface area contributed by atoms with Gasteiger partial charge in [0.2, 0.25) is 5.95 Å². The summed E-state index contributed by atoms with van der Waals surface area (Å²) >= 11 is 0. The minimum absolute atomic E-state index is 0.0501. The van der Waals surface area contributed by atoms with Crippen molar-refractivity contribution in [1.82, 2.24) is 19.9 Å². The summed E-state index contributed by atoms with van der Waals surface area (Å²) in [6.45, 7) is 3.88.